The number of Topliss-reactive ketones (excluding diaryl/α,β-unsaturated/α-hetero) is 1. The van der Waals surface area contributed by atoms with Gasteiger partial charge in [0.25, 0.3) is 6.43 Å². The molecule has 1 aliphatic rings. The van der Waals surface area contributed by atoms with E-state index in [2.05, 4.69) is 15.1 Å². The number of nitrogens with two attached hydrogens (primary N) is 1. The highest BCUT2D eigenvalue weighted by Crippen LogP contribution is 2.36. The highest BCUT2D eigenvalue weighted by atomic mass is 19.3. The summed E-state index contributed by atoms with van der Waals surface area (Å²) in [6, 6.07) is 12.5. The molecule has 5 aromatic rings. The first-order valence-corrected chi connectivity index (χ1v) is 14.1. The third-order valence-corrected chi connectivity index (χ3v) is 7.36. The van der Waals surface area contributed by atoms with Crippen LogP contribution in [0.5, 0.6) is 17.4 Å². The Morgan fingerprint density at radius 1 is 1.07 bits per heavy atom. The number of aryl methyl sites for hydroxylation is 1. The molecule has 0 spiro atoms. The number of piperidine rings is 1. The van der Waals surface area contributed by atoms with Gasteiger partial charge in [-0.15, -0.1) is 0 Å². The molecule has 1 fully saturated rings. The zero-order chi connectivity index (χ0) is 33.0. The number of nitrogen functional groups attached to an aromatic ring is 1. The fraction of sp³-hybridized carbons (Fsp3) is 0.219. The summed E-state index contributed by atoms with van der Waals surface area (Å²) in [7, 11) is 0. The molecule has 3 N–H and O–H groups in total. The van der Waals surface area contributed by atoms with E-state index in [9.17, 15) is 22.8 Å². The van der Waals surface area contributed by atoms with E-state index < -0.39 is 24.6 Å². The lowest BCUT2D eigenvalue weighted by atomic mass is 10.1. The van der Waals surface area contributed by atoms with Gasteiger partial charge in [-0.3, -0.25) is 9.59 Å². The third-order valence-electron chi connectivity index (χ3n) is 7.36. The SMILES string of the molecule is C=O.Cc1cc(Oc2ccccc2F)ncc1-n1ncc(C(=O)c2cc3cc(OCC(F)F)c(N4CCC(=O)CC4)cc3[nH]2)c1N. The molecule has 0 atom stereocenters. The van der Waals surface area contributed by atoms with Crippen molar-refractivity contribution in [1.82, 2.24) is 19.7 Å². The maximum atomic E-state index is 14.0. The number of halogens is 3. The molecule has 3 aromatic heterocycles. The highest BCUT2D eigenvalue weighted by molar-refractivity contribution is 6.12. The van der Waals surface area contributed by atoms with E-state index >= 15 is 0 Å². The average molecular weight is 635 g/mol. The molecule has 0 amide bonds. The maximum Gasteiger partial charge on any atom is 0.272 e. The standard InChI is InChI=1S/C31H27F3N6O4.CH2O/c1-17-10-29(44-26-5-3-2-4-21(26)32)36-15-25(17)40-31(35)20(14-37-40)30(42)23-11-18-12-27(43-16-28(33)34)24(13-22(18)38-23)39-8-6-19(41)7-9-39;1-2/h2-5,10-15,28,38H,6-9,16,35H2,1H3;1H2. The van der Waals surface area contributed by atoms with E-state index in [1.165, 1.54) is 29.2 Å². The van der Waals surface area contributed by atoms with Gasteiger partial charge in [0.15, 0.2) is 11.6 Å². The summed E-state index contributed by atoms with van der Waals surface area (Å²) in [5, 5.41) is 4.88. The molecule has 1 aliphatic heterocycles. The first kappa shape index (κ1) is 31.8. The summed E-state index contributed by atoms with van der Waals surface area (Å²) in [4.78, 5) is 42.6. The second-order valence-electron chi connectivity index (χ2n) is 10.3. The summed E-state index contributed by atoms with van der Waals surface area (Å²) >= 11 is 0. The van der Waals surface area contributed by atoms with Crippen LogP contribution < -0.4 is 20.1 Å². The minimum absolute atomic E-state index is 0.0304. The van der Waals surface area contributed by atoms with Crippen molar-refractivity contribution in [3.05, 3.63) is 83.6 Å². The Kier molecular flexibility index (Phi) is 9.35. The van der Waals surface area contributed by atoms with E-state index in [4.69, 9.17) is 20.0 Å². The minimum Gasteiger partial charge on any atom is -0.485 e. The van der Waals surface area contributed by atoms with Gasteiger partial charge >= 0.3 is 0 Å². The fourth-order valence-electron chi connectivity index (χ4n) is 5.09. The van der Waals surface area contributed by atoms with Gasteiger partial charge in [-0.25, -0.2) is 22.8 Å². The van der Waals surface area contributed by atoms with Crippen LogP contribution in [0.25, 0.3) is 16.6 Å². The number of para-hydroxylation sites is 1. The Morgan fingerprint density at radius 3 is 2.50 bits per heavy atom. The number of hydrogen-bond donors (Lipinski definition) is 2. The monoisotopic (exact) mass is 634 g/mol. The molecule has 238 valence electrons. The van der Waals surface area contributed by atoms with Crippen LogP contribution in [-0.4, -0.2) is 64.2 Å². The van der Waals surface area contributed by atoms with Crippen LogP contribution in [0, 0.1) is 12.7 Å². The average Bonchev–Trinajstić information content (AvgIpc) is 3.65. The topological polar surface area (TPSA) is 145 Å². The number of hydrogen-bond acceptors (Lipinski definition) is 9. The summed E-state index contributed by atoms with van der Waals surface area (Å²) in [6.45, 7) is 3.85. The van der Waals surface area contributed by atoms with Crippen LogP contribution in [0.2, 0.25) is 0 Å². The van der Waals surface area contributed by atoms with Crippen molar-refractivity contribution in [2.45, 2.75) is 26.2 Å². The zero-order valence-corrected chi connectivity index (χ0v) is 24.6. The number of H-pyrrole nitrogens is 1. The Morgan fingerprint density at radius 2 is 1.80 bits per heavy atom. The first-order valence-electron chi connectivity index (χ1n) is 14.1. The second-order valence-corrected chi connectivity index (χ2v) is 10.3. The Bertz CT molecular complexity index is 1900. The third kappa shape index (κ3) is 6.55. The number of nitrogens with zero attached hydrogens (tertiary/aromatic N) is 4. The van der Waals surface area contributed by atoms with Crippen molar-refractivity contribution in [2.24, 2.45) is 0 Å². The van der Waals surface area contributed by atoms with Crippen LogP contribution in [0.4, 0.5) is 24.7 Å². The number of aromatic nitrogens is 4. The molecule has 0 unspecified atom stereocenters. The molecule has 11 nitrogen and oxygen atoms in total. The van der Waals surface area contributed by atoms with Crippen molar-refractivity contribution in [2.75, 3.05) is 30.3 Å². The van der Waals surface area contributed by atoms with Crippen LogP contribution in [0.15, 0.2) is 60.9 Å². The van der Waals surface area contributed by atoms with Gasteiger partial charge in [-0.05, 0) is 42.8 Å². The molecule has 0 radical (unpaired) electrons. The fourth-order valence-corrected chi connectivity index (χ4v) is 5.09. The molecule has 2 aromatic carbocycles. The minimum atomic E-state index is -2.67. The van der Waals surface area contributed by atoms with Gasteiger partial charge in [0.2, 0.25) is 11.7 Å². The molecule has 14 heteroatoms. The number of ketones is 2. The Labute approximate surface area is 260 Å². The summed E-state index contributed by atoms with van der Waals surface area (Å²) in [5.74, 6) is -0.310. The number of anilines is 2. The lowest BCUT2D eigenvalue weighted by Gasteiger charge is -2.29. The van der Waals surface area contributed by atoms with Crippen molar-refractivity contribution in [3.8, 4) is 23.1 Å². The number of fused-ring (bicyclic) bond motifs is 1. The van der Waals surface area contributed by atoms with Crippen LogP contribution >= 0.6 is 0 Å². The van der Waals surface area contributed by atoms with Gasteiger partial charge in [0.1, 0.15) is 30.7 Å². The van der Waals surface area contributed by atoms with Gasteiger partial charge in [-0.1, -0.05) is 12.1 Å². The molecule has 1 saturated heterocycles. The number of pyridine rings is 1. The van der Waals surface area contributed by atoms with Crippen molar-refractivity contribution in [1.29, 1.82) is 0 Å². The van der Waals surface area contributed by atoms with Gasteiger partial charge in [-0.2, -0.15) is 5.10 Å². The lowest BCUT2D eigenvalue weighted by molar-refractivity contribution is -0.119. The maximum absolute atomic E-state index is 14.0. The number of nitrogens with one attached hydrogen (secondary N) is 1. The van der Waals surface area contributed by atoms with Gasteiger partial charge in [0.05, 0.1) is 35.0 Å². The molecular weight excluding hydrogens is 605 g/mol. The number of aromatic amines is 1. The summed E-state index contributed by atoms with van der Waals surface area (Å²) in [6.07, 6.45) is 0.835. The number of benzene rings is 2. The molecule has 4 heterocycles. The van der Waals surface area contributed by atoms with E-state index in [0.717, 1.165) is 0 Å². The van der Waals surface area contributed by atoms with E-state index in [1.807, 2.05) is 11.7 Å². The zero-order valence-electron chi connectivity index (χ0n) is 24.6. The highest BCUT2D eigenvalue weighted by Gasteiger charge is 2.24. The number of ether oxygens (including phenoxy) is 2. The molecule has 46 heavy (non-hydrogen) atoms. The lowest BCUT2D eigenvalue weighted by Crippen LogP contribution is -2.34. The Hall–Kier alpha value is -5.66. The molecule has 0 aliphatic carbocycles. The molecule has 0 saturated carbocycles. The molecule has 0 bridgehead atoms. The van der Waals surface area contributed by atoms with Crippen LogP contribution in [-0.2, 0) is 9.59 Å². The van der Waals surface area contributed by atoms with E-state index in [0.29, 0.717) is 53.8 Å². The van der Waals surface area contributed by atoms with Crippen LogP contribution in [0.3, 0.4) is 0 Å². The number of carbonyl (C=O) groups excluding carboxylic acids is 3. The van der Waals surface area contributed by atoms with Gasteiger partial charge in [0, 0.05) is 42.9 Å². The number of carbonyl (C=O) groups is 3. The predicted octanol–water partition coefficient (Wildman–Crippen LogP) is 5.43. The number of alkyl halides is 2. The van der Waals surface area contributed by atoms with E-state index in [-0.39, 0.29) is 40.2 Å². The smallest absolute Gasteiger partial charge is 0.272 e. The quantitative estimate of drug-likeness (QED) is 0.203. The summed E-state index contributed by atoms with van der Waals surface area (Å²) in [5.41, 5.74) is 9.01. The van der Waals surface area contributed by atoms with Crippen molar-refractivity contribution >= 4 is 40.8 Å². The first-order chi connectivity index (χ1) is 22.2. The van der Waals surface area contributed by atoms with Crippen LogP contribution in [0.1, 0.15) is 34.5 Å². The molecule has 6 rings (SSSR count). The van der Waals surface area contributed by atoms with Gasteiger partial charge < -0.3 is 29.9 Å². The summed E-state index contributed by atoms with van der Waals surface area (Å²) < 4.78 is 52.3. The predicted molar refractivity (Wildman–Crippen MR) is 164 cm³/mol. The van der Waals surface area contributed by atoms with Crippen molar-refractivity contribution < 1.29 is 37.0 Å². The second kappa shape index (κ2) is 13.5. The largest absolute Gasteiger partial charge is 0.485 e. The molecular formula is C32H29F3N6O5. The number of rotatable bonds is 9. The van der Waals surface area contributed by atoms with E-state index in [1.54, 1.807) is 43.3 Å². The Balaban J connectivity index is 0.00000204. The normalized spacial score (nSPS) is 13.1. The van der Waals surface area contributed by atoms with Crippen molar-refractivity contribution in [3.63, 3.8) is 0 Å².